The molecular weight excluding hydrogens is 798 g/mol. The molecule has 0 saturated heterocycles. The van der Waals surface area contributed by atoms with Gasteiger partial charge in [-0.3, -0.25) is 4.99 Å². The summed E-state index contributed by atoms with van der Waals surface area (Å²) in [6.07, 6.45) is 6.92. The van der Waals surface area contributed by atoms with Crippen molar-refractivity contribution in [2.45, 2.75) is 117 Å². The van der Waals surface area contributed by atoms with Crippen molar-refractivity contribution < 1.29 is 30.5 Å². The maximum atomic E-state index is 6.66. The van der Waals surface area contributed by atoms with Crippen LogP contribution in [-0.2, 0) is 42.0 Å². The number of ether oxygens (including phenoxy) is 2. The maximum Gasteiger partial charge on any atom is 2.00 e. The van der Waals surface area contributed by atoms with Crippen LogP contribution in [0, 0.1) is 18.1 Å². The smallest absolute Gasteiger partial charge is 0.518 e. The summed E-state index contributed by atoms with van der Waals surface area (Å²) in [7, 11) is 0. The van der Waals surface area contributed by atoms with Crippen molar-refractivity contribution in [2.75, 3.05) is 6.61 Å². The molecular formula is C44H51N3O2Pt. The van der Waals surface area contributed by atoms with E-state index < -0.39 is 0 Å². The van der Waals surface area contributed by atoms with E-state index in [1.807, 2.05) is 12.3 Å². The SMILES string of the molecule is CC(C)(C)c1cc(Oc2[c-]c3c(cc2)c2cc(C(C)(C)C)ccc2n3-c2cc(C(C)(C)C)ccn2)[c-]c(C2=N[C@](C)(C3CCCC3)CO2)c1.[Pt+2]. The van der Waals surface area contributed by atoms with Gasteiger partial charge in [-0.25, -0.2) is 4.98 Å². The van der Waals surface area contributed by atoms with Gasteiger partial charge in [0.1, 0.15) is 18.3 Å². The Bertz CT molecular complexity index is 2080. The summed E-state index contributed by atoms with van der Waals surface area (Å²) in [6.45, 7) is 23.0. The molecule has 0 unspecified atom stereocenters. The predicted molar refractivity (Wildman–Crippen MR) is 202 cm³/mol. The van der Waals surface area contributed by atoms with Gasteiger partial charge in [0, 0.05) is 23.2 Å². The number of hydrogen-bond donors (Lipinski definition) is 0. The van der Waals surface area contributed by atoms with Crippen LogP contribution in [0.5, 0.6) is 11.5 Å². The summed E-state index contributed by atoms with van der Waals surface area (Å²) in [5.41, 5.74) is 6.25. The van der Waals surface area contributed by atoms with Gasteiger partial charge < -0.3 is 14.0 Å². The van der Waals surface area contributed by atoms with Gasteiger partial charge in [-0.1, -0.05) is 111 Å². The molecule has 3 aromatic carbocycles. The minimum absolute atomic E-state index is 0. The molecule has 5 nitrogen and oxygen atoms in total. The summed E-state index contributed by atoms with van der Waals surface area (Å²) < 4.78 is 15.2. The minimum atomic E-state index is -0.185. The topological polar surface area (TPSA) is 48.6 Å². The first-order valence-electron chi connectivity index (χ1n) is 18.0. The van der Waals surface area contributed by atoms with E-state index >= 15 is 0 Å². The molecule has 0 spiro atoms. The molecule has 5 aromatic rings. The van der Waals surface area contributed by atoms with Crippen molar-refractivity contribution in [1.82, 2.24) is 9.55 Å². The van der Waals surface area contributed by atoms with Crippen molar-refractivity contribution in [3.8, 4) is 17.3 Å². The van der Waals surface area contributed by atoms with Crippen molar-refractivity contribution in [1.29, 1.82) is 0 Å². The molecule has 2 aromatic heterocycles. The van der Waals surface area contributed by atoms with E-state index in [2.05, 4.69) is 134 Å². The van der Waals surface area contributed by atoms with Gasteiger partial charge in [-0.15, -0.1) is 29.1 Å². The number of rotatable bonds is 5. The van der Waals surface area contributed by atoms with Crippen LogP contribution in [0.25, 0.3) is 27.6 Å². The second-order valence-corrected chi connectivity index (χ2v) is 17.6. The average Bonchev–Trinajstić information content (AvgIpc) is 3.78. The second-order valence-electron chi connectivity index (χ2n) is 17.6. The third-order valence-corrected chi connectivity index (χ3v) is 10.6. The van der Waals surface area contributed by atoms with Crippen LogP contribution >= 0.6 is 0 Å². The summed E-state index contributed by atoms with van der Waals surface area (Å²) in [6, 6.07) is 26.7. The van der Waals surface area contributed by atoms with Gasteiger partial charge >= 0.3 is 21.1 Å². The Morgan fingerprint density at radius 3 is 2.12 bits per heavy atom. The number of hydrogen-bond acceptors (Lipinski definition) is 4. The van der Waals surface area contributed by atoms with Gasteiger partial charge in [-0.05, 0) is 76.6 Å². The molecule has 1 saturated carbocycles. The molecule has 1 aliphatic carbocycles. The van der Waals surface area contributed by atoms with Crippen molar-refractivity contribution in [3.63, 3.8) is 0 Å². The molecule has 1 atom stereocenters. The largest absolute Gasteiger partial charge is 2.00 e. The van der Waals surface area contributed by atoms with Crippen LogP contribution in [-0.4, -0.2) is 27.6 Å². The molecule has 7 rings (SSSR count). The zero-order valence-electron chi connectivity index (χ0n) is 31.4. The van der Waals surface area contributed by atoms with Gasteiger partial charge in [-0.2, -0.15) is 6.07 Å². The summed E-state index contributed by atoms with van der Waals surface area (Å²) >= 11 is 0. The first-order chi connectivity index (χ1) is 23.0. The average molecular weight is 849 g/mol. The number of benzene rings is 3. The minimum Gasteiger partial charge on any atom is -0.518 e. The van der Waals surface area contributed by atoms with E-state index in [0.717, 1.165) is 33.4 Å². The molecule has 2 aliphatic rings. The predicted octanol–water partition coefficient (Wildman–Crippen LogP) is 11.2. The van der Waals surface area contributed by atoms with E-state index in [9.17, 15) is 0 Å². The number of nitrogens with zero attached hydrogens (tertiary/aromatic N) is 3. The van der Waals surface area contributed by atoms with Gasteiger partial charge in [0.2, 0.25) is 0 Å². The molecule has 50 heavy (non-hydrogen) atoms. The fourth-order valence-corrected chi connectivity index (χ4v) is 7.37. The summed E-state index contributed by atoms with van der Waals surface area (Å²) in [5, 5.41) is 2.29. The normalized spacial score (nSPS) is 18.7. The van der Waals surface area contributed by atoms with Crippen molar-refractivity contribution in [2.24, 2.45) is 10.9 Å². The molecule has 264 valence electrons. The standard InChI is InChI=1S/C44H51N3O2.Pt/c1-41(2,3)30-15-18-37-36(24-30)35-17-16-33(26-38(35)47(37)39-25-31(19-20-45-39)42(4,5)6)49-34-22-28(21-32(23-34)43(7,8)9)40-46-44(10,27-48-40)29-13-11-12-14-29;/h15-21,23-25,29H,11-14,27H2,1-10H3;/q-2;+2/t44-;/m0./s1. The molecule has 0 amide bonds. The van der Waals surface area contributed by atoms with Crippen LogP contribution < -0.4 is 4.74 Å². The Labute approximate surface area is 313 Å². The third-order valence-electron chi connectivity index (χ3n) is 10.6. The number of pyridine rings is 1. The fourth-order valence-electron chi connectivity index (χ4n) is 7.37. The molecule has 0 bridgehead atoms. The number of fused-ring (bicyclic) bond motifs is 3. The summed E-state index contributed by atoms with van der Waals surface area (Å²) in [4.78, 5) is 10.1. The molecule has 0 N–H and O–H groups in total. The van der Waals surface area contributed by atoms with Crippen LogP contribution in [0.1, 0.15) is 117 Å². The molecule has 6 heteroatoms. The number of aromatic nitrogens is 2. The van der Waals surface area contributed by atoms with Crippen LogP contribution in [0.3, 0.4) is 0 Å². The Hall–Kier alpha value is -3.43. The second kappa shape index (κ2) is 13.0. The molecule has 0 radical (unpaired) electrons. The number of aliphatic imine (C=N–C) groups is 1. The Morgan fingerprint density at radius 1 is 0.760 bits per heavy atom. The van der Waals surface area contributed by atoms with Crippen LogP contribution in [0.15, 0.2) is 65.8 Å². The van der Waals surface area contributed by atoms with E-state index in [1.54, 1.807) is 0 Å². The van der Waals surface area contributed by atoms with E-state index in [4.69, 9.17) is 19.5 Å². The van der Waals surface area contributed by atoms with Crippen molar-refractivity contribution >= 4 is 27.7 Å². The zero-order valence-corrected chi connectivity index (χ0v) is 33.6. The monoisotopic (exact) mass is 848 g/mol. The van der Waals surface area contributed by atoms with E-state index in [1.165, 1.54) is 42.2 Å². The Morgan fingerprint density at radius 2 is 1.44 bits per heavy atom. The molecule has 1 fully saturated rings. The molecule has 3 heterocycles. The first kappa shape index (κ1) is 36.4. The first-order valence-corrected chi connectivity index (χ1v) is 18.0. The Balaban J connectivity index is 0.00000432. The van der Waals surface area contributed by atoms with Gasteiger partial charge in [0.05, 0.1) is 5.54 Å². The van der Waals surface area contributed by atoms with Crippen molar-refractivity contribution in [3.05, 3.63) is 95.2 Å². The van der Waals surface area contributed by atoms with Gasteiger partial charge in [0.15, 0.2) is 0 Å². The fraction of sp³-hybridized carbons (Fsp3) is 0.455. The zero-order chi connectivity index (χ0) is 34.9. The summed E-state index contributed by atoms with van der Waals surface area (Å²) in [5.74, 6) is 3.36. The van der Waals surface area contributed by atoms with Gasteiger partial charge in [0.25, 0.3) is 0 Å². The Kier molecular flexibility index (Phi) is 9.43. The molecule has 1 aliphatic heterocycles. The van der Waals surface area contributed by atoms with Crippen LogP contribution in [0.4, 0.5) is 0 Å². The maximum absolute atomic E-state index is 6.66. The van der Waals surface area contributed by atoms with E-state index in [0.29, 0.717) is 29.9 Å². The van der Waals surface area contributed by atoms with Crippen LogP contribution in [0.2, 0.25) is 0 Å². The third kappa shape index (κ3) is 6.92. The quantitative estimate of drug-likeness (QED) is 0.166. The van der Waals surface area contributed by atoms with E-state index in [-0.39, 0.29) is 42.8 Å².